The van der Waals surface area contributed by atoms with Crippen molar-refractivity contribution in [1.29, 1.82) is 0 Å². The molecule has 0 amide bonds. The molecule has 0 spiro atoms. The first-order valence-electron chi connectivity index (χ1n) is 26.6. The minimum absolute atomic E-state index is 0.386. The van der Waals surface area contributed by atoms with E-state index in [-0.39, 0.29) is 5.39 Å². The normalized spacial score (nSPS) is 19.1. The Bertz CT molecular complexity index is 3970. The largest absolute Gasteiger partial charge is 0.456 e. The topological polar surface area (TPSA) is 51.8 Å². The molecule has 0 bridgehead atoms. The fraction of sp³-hybridized carbons (Fsp3) is 0. The number of furan rings is 1. The Kier molecular flexibility index (Phi) is 2.73. The highest BCUT2D eigenvalue weighted by Gasteiger charge is 2.20. The number of hydrogen-bond donors (Lipinski definition) is 0. The van der Waals surface area contributed by atoms with Crippen LogP contribution in [0.3, 0.4) is 0 Å². The van der Waals surface area contributed by atoms with E-state index in [1.165, 1.54) is 0 Å². The van der Waals surface area contributed by atoms with Gasteiger partial charge >= 0.3 is 0 Å². The zero-order valence-electron chi connectivity index (χ0n) is 49.3. The van der Waals surface area contributed by atoms with Crippen molar-refractivity contribution in [3.05, 3.63) is 163 Å². The van der Waals surface area contributed by atoms with Crippen LogP contribution in [0.15, 0.2) is 168 Å². The van der Waals surface area contributed by atoms with Gasteiger partial charge in [-0.1, -0.05) is 139 Å². The van der Waals surface area contributed by atoms with Crippen molar-refractivity contribution in [2.75, 3.05) is 0 Å². The molecule has 0 unspecified atom stereocenters. The van der Waals surface area contributed by atoms with Crippen LogP contribution < -0.4 is 0 Å². The van der Waals surface area contributed by atoms with Crippen molar-refractivity contribution in [3.63, 3.8) is 0 Å². The van der Waals surface area contributed by atoms with Crippen molar-refractivity contribution in [1.82, 2.24) is 15.0 Å². The van der Waals surface area contributed by atoms with E-state index in [1.807, 2.05) is 0 Å². The number of benzene rings is 7. The monoisotopic (exact) mass is 627 g/mol. The highest BCUT2D eigenvalue weighted by Crippen LogP contribution is 2.40. The van der Waals surface area contributed by atoms with Crippen LogP contribution in [0.1, 0.15) is 35.6 Å². The van der Waals surface area contributed by atoms with Gasteiger partial charge in [-0.3, -0.25) is 0 Å². The van der Waals surface area contributed by atoms with Crippen LogP contribution >= 0.6 is 0 Å². The SMILES string of the molecule is [2H]c1c([2H])c([2H])c(-c2nc(-c3c([2H])c([2H])c(-c4c([2H])c([2H])c([2H])c([2H])c4[2H])c([2H])c3[2H])nc(-c3cc(-c4c([2H])c([2H])c5c([2H])c([2H])c([2H])c([2H])c5c4[2H])c([2H])c4oc5c([2H])c([2H])c([2H])c([2H])c5c34)n2)c([2H])c1[2H]. The summed E-state index contributed by atoms with van der Waals surface area (Å²) in [6.07, 6.45) is 0. The fourth-order valence-electron chi connectivity index (χ4n) is 4.77. The van der Waals surface area contributed by atoms with Gasteiger partial charge in [-0.2, -0.15) is 0 Å². The molecule has 9 rings (SSSR count). The van der Waals surface area contributed by atoms with Crippen molar-refractivity contribution in [3.8, 4) is 56.4 Å². The van der Waals surface area contributed by atoms with Crippen molar-refractivity contribution < 1.29 is 40.1 Å². The third kappa shape index (κ3) is 4.93. The molecule has 0 radical (unpaired) electrons. The molecule has 4 nitrogen and oxygen atoms in total. The van der Waals surface area contributed by atoms with Gasteiger partial charge in [0.1, 0.15) is 11.2 Å². The van der Waals surface area contributed by atoms with Crippen LogP contribution in [0.2, 0.25) is 0 Å². The summed E-state index contributed by atoms with van der Waals surface area (Å²) in [7, 11) is 0. The summed E-state index contributed by atoms with van der Waals surface area (Å²) in [4.78, 5) is 13.3. The number of para-hydroxylation sites is 1. The zero-order valence-corrected chi connectivity index (χ0v) is 23.3. The summed E-state index contributed by atoms with van der Waals surface area (Å²) in [5.41, 5.74) is -5.71. The zero-order chi connectivity index (χ0) is 53.8. The molecule has 0 saturated carbocycles. The highest BCUT2D eigenvalue weighted by atomic mass is 16.3. The van der Waals surface area contributed by atoms with Gasteiger partial charge in [-0.05, 0) is 57.2 Å². The van der Waals surface area contributed by atoms with E-state index >= 15 is 0 Å². The first-order valence-corrected chi connectivity index (χ1v) is 13.6. The summed E-state index contributed by atoms with van der Waals surface area (Å²) in [6, 6.07) is -21.0. The molecule has 0 atom stereocenters. The second-order valence-electron chi connectivity index (χ2n) is 9.66. The van der Waals surface area contributed by atoms with Gasteiger partial charge in [0, 0.05) is 27.5 Å². The third-order valence-electron chi connectivity index (χ3n) is 6.86. The lowest BCUT2D eigenvalue weighted by Crippen LogP contribution is -2.00. The predicted octanol–water partition coefficient (Wildman–Crippen LogP) is 11.3. The Balaban J connectivity index is 1.49. The maximum atomic E-state index is 9.50. The molecule has 9 aromatic rings. The van der Waals surface area contributed by atoms with Gasteiger partial charge in [0.15, 0.2) is 17.5 Å². The molecule has 47 heavy (non-hydrogen) atoms. The summed E-state index contributed by atoms with van der Waals surface area (Å²) in [5.74, 6) is -2.37. The lowest BCUT2D eigenvalue weighted by atomic mass is 9.96. The lowest BCUT2D eigenvalue weighted by molar-refractivity contribution is 0.669. The summed E-state index contributed by atoms with van der Waals surface area (Å²) >= 11 is 0. The van der Waals surface area contributed by atoms with Gasteiger partial charge in [0.2, 0.25) is 0 Å². The molecule has 0 N–H and O–H groups in total. The first-order chi connectivity index (χ1) is 34.1. The molecule has 7 aromatic carbocycles. The molecule has 0 aliphatic heterocycles. The molecule has 4 heteroatoms. The summed E-state index contributed by atoms with van der Waals surface area (Å²) in [5, 5.41) is -1.84. The number of fused-ring (bicyclic) bond motifs is 4. The molecule has 0 saturated heterocycles. The number of aromatic nitrogens is 3. The molecular weight excluding hydrogens is 574 g/mol. The van der Waals surface area contributed by atoms with Gasteiger partial charge in [0.25, 0.3) is 0 Å². The molecule has 220 valence electrons. The molecule has 0 fully saturated rings. The van der Waals surface area contributed by atoms with Crippen molar-refractivity contribution in [2.24, 2.45) is 0 Å². The first kappa shape index (κ1) is 11.4. The second-order valence-corrected chi connectivity index (χ2v) is 9.66. The highest BCUT2D eigenvalue weighted by molar-refractivity contribution is 6.13. The van der Waals surface area contributed by atoms with E-state index in [9.17, 15) is 5.48 Å². The number of rotatable bonds is 5. The van der Waals surface area contributed by atoms with E-state index in [2.05, 4.69) is 15.0 Å². The minimum Gasteiger partial charge on any atom is -0.456 e. The Labute approximate surface area is 308 Å². The molecular formula is C43H27N3O. The van der Waals surface area contributed by atoms with Crippen LogP contribution in [0.25, 0.3) is 89.1 Å². The standard InChI is InChI=1S/C43H27N3O/c1-3-11-28(12-4-1)30-19-22-32(23-20-30)42-44-41(31-14-5-2-6-15-31)45-43(46-42)37-26-35(34-24-21-29-13-7-8-16-33(29)25-34)27-39-40(37)36-17-9-10-18-38(36)47-39/h1-27H/i1D,2D,3D,4D,5D,6D,7D,8D,9D,10D,11D,12D,13D,14D,15D,16D,17D,18D,19D,20D,21D,22D,23D,24D,25D,27D. The molecule has 2 heterocycles. The van der Waals surface area contributed by atoms with E-state index in [4.69, 9.17) is 34.6 Å². The molecule has 2 aromatic heterocycles. The van der Waals surface area contributed by atoms with Crippen LogP contribution in [0, 0.1) is 0 Å². The van der Waals surface area contributed by atoms with Crippen LogP contribution in [-0.2, 0) is 0 Å². The Morgan fingerprint density at radius 1 is 0.404 bits per heavy atom. The van der Waals surface area contributed by atoms with Gasteiger partial charge in [0.05, 0.1) is 35.6 Å². The van der Waals surface area contributed by atoms with Gasteiger partial charge < -0.3 is 4.42 Å². The smallest absolute Gasteiger partial charge is 0.164 e. The summed E-state index contributed by atoms with van der Waals surface area (Å²) < 4.78 is 232. The quantitative estimate of drug-likeness (QED) is 0.190. The Morgan fingerprint density at radius 3 is 1.72 bits per heavy atom. The van der Waals surface area contributed by atoms with Crippen molar-refractivity contribution >= 4 is 32.7 Å². The van der Waals surface area contributed by atoms with Crippen molar-refractivity contribution in [2.45, 2.75) is 0 Å². The van der Waals surface area contributed by atoms with E-state index in [1.54, 1.807) is 0 Å². The van der Waals surface area contributed by atoms with E-state index in [0.29, 0.717) is 0 Å². The molecule has 0 aliphatic rings. The summed E-state index contributed by atoms with van der Waals surface area (Å²) in [6.45, 7) is 0. The average molecular weight is 628 g/mol. The number of hydrogen-bond acceptors (Lipinski definition) is 4. The van der Waals surface area contributed by atoms with Gasteiger partial charge in [-0.25, -0.2) is 15.0 Å². The Hall–Kier alpha value is -6.39. The fourth-order valence-corrected chi connectivity index (χ4v) is 4.77. The van der Waals surface area contributed by atoms with E-state index < -0.39 is 241 Å². The van der Waals surface area contributed by atoms with Crippen LogP contribution in [0.5, 0.6) is 0 Å². The van der Waals surface area contributed by atoms with Crippen LogP contribution in [-0.4, -0.2) is 15.0 Å². The predicted molar refractivity (Wildman–Crippen MR) is 192 cm³/mol. The maximum absolute atomic E-state index is 9.50. The third-order valence-corrected chi connectivity index (χ3v) is 6.86. The molecule has 0 aliphatic carbocycles. The maximum Gasteiger partial charge on any atom is 0.164 e. The minimum atomic E-state index is -0.997. The van der Waals surface area contributed by atoms with Crippen LogP contribution in [0.4, 0.5) is 0 Å². The van der Waals surface area contributed by atoms with E-state index in [0.717, 1.165) is 6.07 Å². The number of nitrogens with zero attached hydrogens (tertiary/aromatic N) is 3. The van der Waals surface area contributed by atoms with Gasteiger partial charge in [-0.15, -0.1) is 0 Å². The second kappa shape index (κ2) is 11.2. The lowest BCUT2D eigenvalue weighted by Gasteiger charge is -2.12. The average Bonchev–Trinajstić information content (AvgIpc) is 3.77. The Morgan fingerprint density at radius 2 is 0.957 bits per heavy atom.